The molecule has 0 radical (unpaired) electrons. The fourth-order valence-corrected chi connectivity index (χ4v) is 3.75. The highest BCUT2D eigenvalue weighted by Gasteiger charge is 2.20. The van der Waals surface area contributed by atoms with E-state index in [0.29, 0.717) is 24.8 Å². The van der Waals surface area contributed by atoms with Crippen molar-refractivity contribution in [2.24, 2.45) is 0 Å². The summed E-state index contributed by atoms with van der Waals surface area (Å²) in [5.41, 5.74) is 1.39. The molecular formula is C27H37F3O3. The maximum absolute atomic E-state index is 14.2. The number of benzene rings is 2. The van der Waals surface area contributed by atoms with Crippen LogP contribution in [0.1, 0.15) is 83.8 Å². The minimum absolute atomic E-state index is 0.0199. The lowest BCUT2D eigenvalue weighted by molar-refractivity contribution is -0.304. The SMILES string of the molecule is CCCCCCCCCC(OC(OCC)OCC)c1ccc(-c2cc(F)c(F)cc2F)cc1. The predicted molar refractivity (Wildman–Crippen MR) is 125 cm³/mol. The standard InChI is InChI=1S/C27H37F3O3/c1-4-7-8-9-10-11-12-13-26(33-27(31-5-2)32-6-3)21-16-14-20(15-17-21)22-18-24(29)25(30)19-23(22)28/h14-19,26-27H,4-13H2,1-3H3. The van der Waals surface area contributed by atoms with Crippen molar-refractivity contribution in [3.05, 3.63) is 59.4 Å². The van der Waals surface area contributed by atoms with Crippen molar-refractivity contribution >= 4 is 0 Å². The van der Waals surface area contributed by atoms with Gasteiger partial charge in [0.15, 0.2) is 11.6 Å². The molecule has 1 atom stereocenters. The molecular weight excluding hydrogens is 429 g/mol. The first-order valence-electron chi connectivity index (χ1n) is 12.1. The van der Waals surface area contributed by atoms with Gasteiger partial charge in [-0.05, 0) is 37.5 Å². The summed E-state index contributed by atoms with van der Waals surface area (Å²) in [6.07, 6.45) is 8.88. The molecule has 0 saturated carbocycles. The summed E-state index contributed by atoms with van der Waals surface area (Å²) in [5, 5.41) is 0. The molecule has 0 saturated heterocycles. The first kappa shape index (κ1) is 27.4. The third-order valence-corrected chi connectivity index (χ3v) is 5.55. The number of hydrogen-bond donors (Lipinski definition) is 0. The maximum Gasteiger partial charge on any atom is 0.272 e. The molecule has 0 heterocycles. The average molecular weight is 467 g/mol. The van der Waals surface area contributed by atoms with Gasteiger partial charge in [0, 0.05) is 24.8 Å². The number of rotatable bonds is 16. The Morgan fingerprint density at radius 3 is 1.88 bits per heavy atom. The maximum atomic E-state index is 14.2. The third kappa shape index (κ3) is 9.11. The van der Waals surface area contributed by atoms with E-state index in [1.807, 2.05) is 26.0 Å². The van der Waals surface area contributed by atoms with Crippen LogP contribution in [0.15, 0.2) is 36.4 Å². The van der Waals surface area contributed by atoms with Crippen molar-refractivity contribution in [3.63, 3.8) is 0 Å². The molecule has 3 nitrogen and oxygen atoms in total. The van der Waals surface area contributed by atoms with E-state index in [1.54, 1.807) is 12.1 Å². The van der Waals surface area contributed by atoms with Gasteiger partial charge in [0.05, 0.1) is 6.10 Å². The van der Waals surface area contributed by atoms with Gasteiger partial charge < -0.3 is 14.2 Å². The van der Waals surface area contributed by atoms with Crippen LogP contribution in [0.4, 0.5) is 13.2 Å². The smallest absolute Gasteiger partial charge is 0.272 e. The molecule has 0 aliphatic rings. The fraction of sp³-hybridized carbons (Fsp3) is 0.556. The molecule has 0 amide bonds. The van der Waals surface area contributed by atoms with Crippen LogP contribution in [0.5, 0.6) is 0 Å². The van der Waals surface area contributed by atoms with E-state index in [1.165, 1.54) is 32.1 Å². The van der Waals surface area contributed by atoms with Gasteiger partial charge in [-0.1, -0.05) is 76.1 Å². The van der Waals surface area contributed by atoms with Crippen molar-refractivity contribution in [2.45, 2.75) is 84.7 Å². The Bertz CT molecular complexity index is 805. The lowest BCUT2D eigenvalue weighted by atomic mass is 9.98. The fourth-order valence-electron chi connectivity index (χ4n) is 3.75. The van der Waals surface area contributed by atoms with E-state index in [4.69, 9.17) is 14.2 Å². The Labute approximate surface area is 196 Å². The molecule has 184 valence electrons. The average Bonchev–Trinajstić information content (AvgIpc) is 2.80. The minimum atomic E-state index is -1.20. The Kier molecular flexibility index (Phi) is 12.5. The highest BCUT2D eigenvalue weighted by molar-refractivity contribution is 5.64. The van der Waals surface area contributed by atoms with E-state index in [0.717, 1.165) is 30.9 Å². The van der Waals surface area contributed by atoms with Gasteiger partial charge in [0.1, 0.15) is 5.82 Å². The minimum Gasteiger partial charge on any atom is -0.330 e. The van der Waals surface area contributed by atoms with Gasteiger partial charge in [-0.3, -0.25) is 0 Å². The van der Waals surface area contributed by atoms with Gasteiger partial charge in [-0.25, -0.2) is 13.2 Å². The van der Waals surface area contributed by atoms with Crippen LogP contribution in [0.25, 0.3) is 11.1 Å². The van der Waals surface area contributed by atoms with Crippen LogP contribution >= 0.6 is 0 Å². The lowest BCUT2D eigenvalue weighted by Gasteiger charge is -2.25. The van der Waals surface area contributed by atoms with Crippen LogP contribution in [0.2, 0.25) is 0 Å². The van der Waals surface area contributed by atoms with Gasteiger partial charge in [0.2, 0.25) is 0 Å². The van der Waals surface area contributed by atoms with E-state index in [2.05, 4.69) is 6.92 Å². The number of hydrogen-bond acceptors (Lipinski definition) is 3. The van der Waals surface area contributed by atoms with Crippen LogP contribution in [0, 0.1) is 17.5 Å². The second-order valence-corrected chi connectivity index (χ2v) is 8.10. The first-order chi connectivity index (χ1) is 16.0. The Morgan fingerprint density at radius 1 is 0.697 bits per heavy atom. The van der Waals surface area contributed by atoms with Gasteiger partial charge in [0.25, 0.3) is 6.48 Å². The largest absolute Gasteiger partial charge is 0.330 e. The van der Waals surface area contributed by atoms with Crippen molar-refractivity contribution in [1.82, 2.24) is 0 Å². The lowest BCUT2D eigenvalue weighted by Crippen LogP contribution is -2.24. The Hall–Kier alpha value is -1.89. The third-order valence-electron chi connectivity index (χ3n) is 5.55. The molecule has 2 rings (SSSR count). The molecule has 1 unspecified atom stereocenters. The van der Waals surface area contributed by atoms with Crippen molar-refractivity contribution in [2.75, 3.05) is 13.2 Å². The van der Waals surface area contributed by atoms with Crippen molar-refractivity contribution in [3.8, 4) is 11.1 Å². The normalized spacial score (nSPS) is 12.5. The summed E-state index contributed by atoms with van der Waals surface area (Å²) in [4.78, 5) is 0. The molecule has 33 heavy (non-hydrogen) atoms. The summed E-state index contributed by atoms with van der Waals surface area (Å²) >= 11 is 0. The number of unbranched alkanes of at least 4 members (excludes halogenated alkanes) is 6. The quantitative estimate of drug-likeness (QED) is 0.141. The molecule has 0 aliphatic heterocycles. The summed E-state index contributed by atoms with van der Waals surface area (Å²) < 4.78 is 58.3. The Balaban J connectivity index is 2.11. The number of halogens is 3. The first-order valence-corrected chi connectivity index (χ1v) is 12.1. The highest BCUT2D eigenvalue weighted by Crippen LogP contribution is 2.30. The molecule has 0 aliphatic carbocycles. The van der Waals surface area contributed by atoms with Gasteiger partial charge in [-0.15, -0.1) is 0 Å². The topological polar surface area (TPSA) is 27.7 Å². The monoisotopic (exact) mass is 466 g/mol. The van der Waals surface area contributed by atoms with Gasteiger partial charge in [-0.2, -0.15) is 0 Å². The van der Waals surface area contributed by atoms with Crippen LogP contribution in [-0.4, -0.2) is 19.7 Å². The zero-order valence-corrected chi connectivity index (χ0v) is 20.0. The molecule has 0 fully saturated rings. The van der Waals surface area contributed by atoms with E-state index < -0.39 is 23.9 Å². The second kappa shape index (κ2) is 15.1. The molecule has 2 aromatic carbocycles. The van der Waals surface area contributed by atoms with Crippen LogP contribution in [-0.2, 0) is 14.2 Å². The van der Waals surface area contributed by atoms with E-state index in [9.17, 15) is 13.2 Å². The number of ether oxygens (including phenoxy) is 3. The predicted octanol–water partition coefficient (Wildman–Crippen LogP) is 8.33. The second-order valence-electron chi connectivity index (χ2n) is 8.10. The molecule has 0 bridgehead atoms. The zero-order valence-electron chi connectivity index (χ0n) is 20.0. The molecule has 2 aromatic rings. The van der Waals surface area contributed by atoms with Crippen molar-refractivity contribution < 1.29 is 27.4 Å². The van der Waals surface area contributed by atoms with Gasteiger partial charge >= 0.3 is 0 Å². The highest BCUT2D eigenvalue weighted by atomic mass is 19.2. The Morgan fingerprint density at radius 2 is 1.27 bits per heavy atom. The molecule has 0 spiro atoms. The zero-order chi connectivity index (χ0) is 24.1. The van der Waals surface area contributed by atoms with Crippen molar-refractivity contribution in [1.29, 1.82) is 0 Å². The molecule has 0 N–H and O–H groups in total. The summed E-state index contributed by atoms with van der Waals surface area (Å²) in [6.45, 7) is 6.13. The van der Waals surface area contributed by atoms with Crippen LogP contribution < -0.4 is 0 Å². The molecule has 6 heteroatoms. The summed E-state index contributed by atoms with van der Waals surface area (Å²) in [5.74, 6) is -3.08. The van der Waals surface area contributed by atoms with Crippen LogP contribution in [0.3, 0.4) is 0 Å². The summed E-state index contributed by atoms with van der Waals surface area (Å²) in [7, 11) is 0. The van der Waals surface area contributed by atoms with E-state index in [-0.39, 0.29) is 11.7 Å². The molecule has 0 aromatic heterocycles. The summed E-state index contributed by atoms with van der Waals surface area (Å²) in [6, 6.07) is 8.51. The van der Waals surface area contributed by atoms with E-state index >= 15 is 0 Å².